The topological polar surface area (TPSA) is 101 Å². The lowest BCUT2D eigenvalue weighted by atomic mass is 9.83. The van der Waals surface area contributed by atoms with Gasteiger partial charge in [-0.15, -0.1) is 0 Å². The van der Waals surface area contributed by atoms with Crippen LogP contribution in [0.4, 0.5) is 15.8 Å². The summed E-state index contributed by atoms with van der Waals surface area (Å²) in [5.41, 5.74) is 2.24. The van der Waals surface area contributed by atoms with Gasteiger partial charge in [-0.05, 0) is 67.3 Å². The number of aromatic nitrogens is 1. The quantitative estimate of drug-likeness (QED) is 0.492. The first kappa shape index (κ1) is 25.0. The fraction of sp³-hybridized carbons (Fsp3) is 0.333. The summed E-state index contributed by atoms with van der Waals surface area (Å²) in [5, 5.41) is 2.82. The lowest BCUT2D eigenvalue weighted by Crippen LogP contribution is -2.47. The third-order valence-electron chi connectivity index (χ3n) is 6.98. The smallest absolute Gasteiger partial charge is 0.261 e. The molecule has 1 fully saturated rings. The highest BCUT2D eigenvalue weighted by Crippen LogP contribution is 2.39. The van der Waals surface area contributed by atoms with Crippen LogP contribution in [-0.2, 0) is 16.6 Å². The maximum atomic E-state index is 13.4. The first-order valence-electron chi connectivity index (χ1n) is 12.4. The number of rotatable bonds is 7. The van der Waals surface area contributed by atoms with Gasteiger partial charge in [0.1, 0.15) is 5.82 Å². The van der Waals surface area contributed by atoms with E-state index in [1.54, 1.807) is 30.3 Å². The van der Waals surface area contributed by atoms with Gasteiger partial charge >= 0.3 is 0 Å². The van der Waals surface area contributed by atoms with Crippen molar-refractivity contribution in [3.63, 3.8) is 0 Å². The molecular formula is C27H29FN4O4S. The number of hydrogen-bond donors (Lipinski definition) is 2. The van der Waals surface area contributed by atoms with Gasteiger partial charge in [0.15, 0.2) is 0 Å². The highest BCUT2D eigenvalue weighted by atomic mass is 32.2. The molecule has 0 unspecified atom stereocenters. The minimum atomic E-state index is -4.04. The highest BCUT2D eigenvalue weighted by molar-refractivity contribution is 7.92. The van der Waals surface area contributed by atoms with Crippen molar-refractivity contribution in [1.82, 2.24) is 9.88 Å². The molecule has 8 nitrogen and oxygen atoms in total. The standard InChI is InChI=1S/C27H29FN4O4S/c1-2-12-29-27(34)19-6-11-25(23(14-19)30-37(35,36)22-9-7-21(28)8-10-22)31-15-18-13-20(17-31)24-4-3-5-26(33)32(24)16-18/h3-11,14,18,20,30H,2,12-13,15-17H2,1H3,(H,29,34)/t18-,20+/m1/s1. The Kier molecular flexibility index (Phi) is 6.76. The molecule has 0 aliphatic carbocycles. The Balaban J connectivity index is 1.51. The largest absolute Gasteiger partial charge is 0.369 e. The fourth-order valence-electron chi connectivity index (χ4n) is 5.29. The molecule has 2 bridgehead atoms. The van der Waals surface area contributed by atoms with E-state index in [-0.39, 0.29) is 33.9 Å². The van der Waals surface area contributed by atoms with Crippen molar-refractivity contribution in [1.29, 1.82) is 0 Å². The van der Waals surface area contributed by atoms with Crippen molar-refractivity contribution in [3.8, 4) is 0 Å². The molecule has 1 amide bonds. The maximum Gasteiger partial charge on any atom is 0.261 e. The van der Waals surface area contributed by atoms with Crippen LogP contribution < -0.4 is 20.5 Å². The molecule has 3 heterocycles. The third kappa shape index (κ3) is 5.11. The van der Waals surface area contributed by atoms with Gasteiger partial charge in [-0.3, -0.25) is 14.3 Å². The van der Waals surface area contributed by atoms with E-state index < -0.39 is 15.8 Å². The van der Waals surface area contributed by atoms with E-state index in [2.05, 4.69) is 14.9 Å². The van der Waals surface area contributed by atoms with Crippen molar-refractivity contribution in [2.75, 3.05) is 29.3 Å². The summed E-state index contributed by atoms with van der Waals surface area (Å²) >= 11 is 0. The zero-order valence-electron chi connectivity index (χ0n) is 20.5. The number of anilines is 2. The van der Waals surface area contributed by atoms with Crippen LogP contribution in [-0.4, -0.2) is 38.5 Å². The SMILES string of the molecule is CCCNC(=O)c1ccc(N2C[C@H]3C[C@@H](C2)c2cccc(=O)n2C3)c(NS(=O)(=O)c2ccc(F)cc2)c1. The van der Waals surface area contributed by atoms with Gasteiger partial charge in [0.05, 0.1) is 16.3 Å². The van der Waals surface area contributed by atoms with Crippen molar-refractivity contribution < 1.29 is 17.6 Å². The summed E-state index contributed by atoms with van der Waals surface area (Å²) < 4.78 is 44.3. The van der Waals surface area contributed by atoms with Crippen molar-refractivity contribution >= 4 is 27.3 Å². The summed E-state index contributed by atoms with van der Waals surface area (Å²) in [4.78, 5) is 27.1. The van der Waals surface area contributed by atoms with Crippen LogP contribution in [0.5, 0.6) is 0 Å². The van der Waals surface area contributed by atoms with Crippen LogP contribution >= 0.6 is 0 Å². The second-order valence-corrected chi connectivity index (χ2v) is 11.3. The molecule has 0 saturated carbocycles. The number of amides is 1. The molecule has 10 heteroatoms. The number of carbonyl (C=O) groups excluding carboxylic acids is 1. The second-order valence-electron chi connectivity index (χ2n) is 9.65. The van der Waals surface area contributed by atoms with E-state index in [0.717, 1.165) is 30.7 Å². The van der Waals surface area contributed by atoms with E-state index >= 15 is 0 Å². The van der Waals surface area contributed by atoms with Crippen molar-refractivity contribution in [2.45, 2.75) is 37.1 Å². The Hall–Kier alpha value is -3.66. The predicted molar refractivity (Wildman–Crippen MR) is 140 cm³/mol. The number of pyridine rings is 1. The van der Waals surface area contributed by atoms with E-state index in [1.165, 1.54) is 12.1 Å². The van der Waals surface area contributed by atoms with Crippen LogP contribution in [0.25, 0.3) is 0 Å². The molecule has 0 spiro atoms. The Morgan fingerprint density at radius 3 is 2.59 bits per heavy atom. The van der Waals surface area contributed by atoms with Crippen LogP contribution in [0.15, 0.2) is 70.4 Å². The average molecular weight is 525 g/mol. The molecule has 37 heavy (non-hydrogen) atoms. The molecule has 5 rings (SSSR count). The molecule has 2 aliphatic rings. The second kappa shape index (κ2) is 10.0. The first-order valence-corrected chi connectivity index (χ1v) is 13.9. The summed E-state index contributed by atoms with van der Waals surface area (Å²) in [7, 11) is -4.04. The first-order chi connectivity index (χ1) is 17.7. The third-order valence-corrected chi connectivity index (χ3v) is 8.36. The van der Waals surface area contributed by atoms with Gasteiger partial charge in [0.2, 0.25) is 0 Å². The number of nitrogens with zero attached hydrogens (tertiary/aromatic N) is 2. The van der Waals surface area contributed by atoms with E-state index in [1.807, 2.05) is 17.6 Å². The van der Waals surface area contributed by atoms with Crippen LogP contribution in [0.3, 0.4) is 0 Å². The van der Waals surface area contributed by atoms with Gasteiger partial charge in [-0.1, -0.05) is 13.0 Å². The molecule has 194 valence electrons. The number of halogens is 1. The molecular weight excluding hydrogens is 495 g/mol. The minimum absolute atomic E-state index is 0.00385. The van der Waals surface area contributed by atoms with E-state index in [9.17, 15) is 22.4 Å². The maximum absolute atomic E-state index is 13.4. The minimum Gasteiger partial charge on any atom is -0.369 e. The van der Waals surface area contributed by atoms with Gasteiger partial charge in [0.25, 0.3) is 21.5 Å². The zero-order valence-corrected chi connectivity index (χ0v) is 21.3. The van der Waals surface area contributed by atoms with Crippen molar-refractivity contribution in [3.05, 3.63) is 88.1 Å². The fourth-order valence-corrected chi connectivity index (χ4v) is 6.35. The van der Waals surface area contributed by atoms with Gasteiger partial charge in [-0.25, -0.2) is 12.8 Å². The highest BCUT2D eigenvalue weighted by Gasteiger charge is 2.35. The number of carbonyl (C=O) groups is 1. The summed E-state index contributed by atoms with van der Waals surface area (Å²) in [6.45, 7) is 4.31. The Labute approximate surface area is 215 Å². The summed E-state index contributed by atoms with van der Waals surface area (Å²) in [6, 6.07) is 14.9. The van der Waals surface area contributed by atoms with Crippen LogP contribution in [0, 0.1) is 11.7 Å². The molecule has 1 saturated heterocycles. The van der Waals surface area contributed by atoms with E-state index in [4.69, 9.17) is 0 Å². The number of hydrogen-bond acceptors (Lipinski definition) is 5. The average Bonchev–Trinajstić information content (AvgIpc) is 2.88. The number of nitrogens with one attached hydrogen (secondary N) is 2. The van der Waals surface area contributed by atoms with Gasteiger partial charge in [0, 0.05) is 49.4 Å². The Morgan fingerprint density at radius 1 is 1.05 bits per heavy atom. The number of fused-ring (bicyclic) bond motifs is 4. The summed E-state index contributed by atoms with van der Waals surface area (Å²) in [5.74, 6) is -0.483. The monoisotopic (exact) mass is 524 g/mol. The molecule has 3 aromatic rings. The Morgan fingerprint density at radius 2 is 1.84 bits per heavy atom. The number of piperidine rings is 1. The number of sulfonamides is 1. The molecule has 2 aromatic carbocycles. The van der Waals surface area contributed by atoms with Crippen molar-refractivity contribution in [2.24, 2.45) is 5.92 Å². The molecule has 0 radical (unpaired) electrons. The lowest BCUT2D eigenvalue weighted by molar-refractivity contribution is 0.0953. The lowest BCUT2D eigenvalue weighted by Gasteiger charge is -2.44. The van der Waals surface area contributed by atoms with Crippen LogP contribution in [0.2, 0.25) is 0 Å². The molecule has 2 N–H and O–H groups in total. The predicted octanol–water partition coefficient (Wildman–Crippen LogP) is 3.55. The van der Waals surface area contributed by atoms with Crippen LogP contribution in [0.1, 0.15) is 41.7 Å². The van der Waals surface area contributed by atoms with Gasteiger partial charge < -0.3 is 14.8 Å². The summed E-state index contributed by atoms with van der Waals surface area (Å²) in [6.07, 6.45) is 1.73. The molecule has 2 aliphatic heterocycles. The van der Waals surface area contributed by atoms with Gasteiger partial charge in [-0.2, -0.15) is 0 Å². The Bertz CT molecular complexity index is 1490. The van der Waals surface area contributed by atoms with E-state index in [0.29, 0.717) is 37.4 Å². The normalized spacial score (nSPS) is 18.7. The molecule has 2 atom stereocenters. The zero-order chi connectivity index (χ0) is 26.2. The molecule has 1 aromatic heterocycles. The number of benzene rings is 2.